The molecule has 0 aromatic heterocycles. The number of alkyl halides is 3. The summed E-state index contributed by atoms with van der Waals surface area (Å²) >= 11 is 0. The largest absolute Gasteiger partial charge is 0.401 e. The van der Waals surface area contributed by atoms with Crippen molar-refractivity contribution >= 4 is 5.91 Å². The molecule has 0 aliphatic carbocycles. The van der Waals surface area contributed by atoms with E-state index in [2.05, 4.69) is 4.90 Å². The first-order chi connectivity index (χ1) is 9.76. The van der Waals surface area contributed by atoms with E-state index in [-0.39, 0.29) is 17.9 Å². The molecule has 0 aromatic rings. The number of carbonyl (C=O) groups excluding carboxylic acids is 1. The van der Waals surface area contributed by atoms with Crippen molar-refractivity contribution in [2.75, 3.05) is 45.8 Å². The topological polar surface area (TPSA) is 26.8 Å². The Kier molecular flexibility index (Phi) is 5.14. The van der Waals surface area contributed by atoms with Crippen molar-refractivity contribution in [3.05, 3.63) is 0 Å². The maximum atomic E-state index is 12.5. The third-order valence-electron chi connectivity index (χ3n) is 4.50. The molecule has 0 bridgehead atoms. The number of hydrogen-bond acceptors (Lipinski definition) is 3. The van der Waals surface area contributed by atoms with Crippen LogP contribution in [-0.2, 0) is 4.79 Å². The highest BCUT2D eigenvalue weighted by Crippen LogP contribution is 2.26. The molecule has 0 saturated carbocycles. The van der Waals surface area contributed by atoms with Gasteiger partial charge in [0.15, 0.2) is 0 Å². The van der Waals surface area contributed by atoms with Gasteiger partial charge in [-0.2, -0.15) is 13.2 Å². The number of carbonyl (C=O) groups is 1. The van der Waals surface area contributed by atoms with Gasteiger partial charge in [-0.05, 0) is 12.3 Å². The van der Waals surface area contributed by atoms with Crippen LogP contribution in [0.1, 0.15) is 20.3 Å². The fourth-order valence-corrected chi connectivity index (χ4v) is 3.49. The zero-order valence-corrected chi connectivity index (χ0v) is 12.7. The Morgan fingerprint density at radius 1 is 1.14 bits per heavy atom. The van der Waals surface area contributed by atoms with Crippen LogP contribution in [0.15, 0.2) is 0 Å². The van der Waals surface area contributed by atoms with Gasteiger partial charge in [-0.25, -0.2) is 0 Å². The van der Waals surface area contributed by atoms with Gasteiger partial charge in [0.25, 0.3) is 0 Å². The first-order valence-corrected chi connectivity index (χ1v) is 7.55. The molecule has 2 fully saturated rings. The van der Waals surface area contributed by atoms with Gasteiger partial charge in [-0.15, -0.1) is 0 Å². The lowest BCUT2D eigenvalue weighted by Crippen LogP contribution is -2.43. The van der Waals surface area contributed by atoms with Gasteiger partial charge in [0.05, 0.1) is 6.54 Å². The van der Waals surface area contributed by atoms with E-state index in [0.29, 0.717) is 19.6 Å². The molecule has 122 valence electrons. The average molecular weight is 307 g/mol. The predicted octanol–water partition coefficient (Wildman–Crippen LogP) is 1.42. The summed E-state index contributed by atoms with van der Waals surface area (Å²) in [6.45, 7) is 6.79. The molecule has 0 unspecified atom stereocenters. The van der Waals surface area contributed by atoms with E-state index in [1.54, 1.807) is 6.92 Å². The first kappa shape index (κ1) is 16.5. The smallest absolute Gasteiger partial charge is 0.342 e. The van der Waals surface area contributed by atoms with Crippen LogP contribution in [0, 0.1) is 5.92 Å². The summed E-state index contributed by atoms with van der Waals surface area (Å²) < 4.78 is 37.5. The number of likely N-dealkylation sites (tertiary alicyclic amines) is 1. The van der Waals surface area contributed by atoms with E-state index >= 15 is 0 Å². The lowest BCUT2D eigenvalue weighted by atomic mass is 10.0. The van der Waals surface area contributed by atoms with Gasteiger partial charge in [0.1, 0.15) is 0 Å². The minimum atomic E-state index is -4.13. The summed E-state index contributed by atoms with van der Waals surface area (Å²) in [6.07, 6.45) is -3.24. The van der Waals surface area contributed by atoms with Crippen LogP contribution >= 0.6 is 0 Å². The van der Waals surface area contributed by atoms with E-state index in [4.69, 9.17) is 0 Å². The van der Waals surface area contributed by atoms with Crippen LogP contribution < -0.4 is 0 Å². The molecular formula is C14H24F3N3O. The van der Waals surface area contributed by atoms with Gasteiger partial charge in [-0.3, -0.25) is 14.6 Å². The summed E-state index contributed by atoms with van der Waals surface area (Å²) in [5, 5.41) is 0. The normalized spacial score (nSPS) is 29.7. The fraction of sp³-hybridized carbons (Fsp3) is 0.929. The molecule has 2 aliphatic rings. The van der Waals surface area contributed by atoms with Crippen molar-refractivity contribution in [1.29, 1.82) is 0 Å². The van der Waals surface area contributed by atoms with E-state index in [1.165, 1.54) is 4.90 Å². The summed E-state index contributed by atoms with van der Waals surface area (Å²) in [5.74, 6) is 0.311. The predicted molar refractivity (Wildman–Crippen MR) is 73.9 cm³/mol. The number of hydrogen-bond donors (Lipinski definition) is 0. The number of amides is 1. The lowest BCUT2D eigenvalue weighted by Gasteiger charge is -2.30. The molecule has 0 N–H and O–H groups in total. The fourth-order valence-electron chi connectivity index (χ4n) is 3.49. The zero-order valence-electron chi connectivity index (χ0n) is 12.7. The number of halogens is 3. The second kappa shape index (κ2) is 6.52. The molecule has 0 aromatic carbocycles. The molecule has 2 saturated heterocycles. The number of rotatable bonds is 2. The van der Waals surface area contributed by atoms with E-state index in [0.717, 1.165) is 26.1 Å². The maximum Gasteiger partial charge on any atom is 0.401 e. The second-order valence-electron chi connectivity index (χ2n) is 6.25. The van der Waals surface area contributed by atoms with Crippen LogP contribution in [0.25, 0.3) is 0 Å². The summed E-state index contributed by atoms with van der Waals surface area (Å²) in [4.78, 5) is 17.0. The quantitative estimate of drug-likeness (QED) is 0.772. The Balaban J connectivity index is 1.91. The van der Waals surface area contributed by atoms with E-state index in [9.17, 15) is 18.0 Å². The molecule has 7 heteroatoms. The highest BCUT2D eigenvalue weighted by Gasteiger charge is 2.39. The van der Waals surface area contributed by atoms with Crippen molar-refractivity contribution in [1.82, 2.24) is 14.7 Å². The van der Waals surface area contributed by atoms with Gasteiger partial charge in [0.2, 0.25) is 5.91 Å². The molecule has 2 atom stereocenters. The maximum absolute atomic E-state index is 12.5. The van der Waals surface area contributed by atoms with Crippen LogP contribution in [0.3, 0.4) is 0 Å². The summed E-state index contributed by atoms with van der Waals surface area (Å²) in [6, 6.07) is 0.166. The molecule has 4 nitrogen and oxygen atoms in total. The molecule has 21 heavy (non-hydrogen) atoms. The van der Waals surface area contributed by atoms with Crippen LogP contribution in [0.4, 0.5) is 13.2 Å². The van der Waals surface area contributed by atoms with Gasteiger partial charge in [0, 0.05) is 52.2 Å². The van der Waals surface area contributed by atoms with E-state index in [1.807, 2.05) is 11.8 Å². The minimum Gasteiger partial charge on any atom is -0.342 e. The number of nitrogens with zero attached hydrogens (tertiary/aromatic N) is 3. The average Bonchev–Trinajstić information content (AvgIpc) is 2.59. The molecule has 2 aliphatic heterocycles. The Morgan fingerprint density at radius 2 is 1.86 bits per heavy atom. The van der Waals surface area contributed by atoms with Gasteiger partial charge in [-0.1, -0.05) is 6.92 Å². The zero-order chi connectivity index (χ0) is 15.6. The third-order valence-corrected chi connectivity index (χ3v) is 4.50. The Hall–Kier alpha value is -0.820. The van der Waals surface area contributed by atoms with Crippen molar-refractivity contribution in [3.8, 4) is 0 Å². The summed E-state index contributed by atoms with van der Waals surface area (Å²) in [7, 11) is 0. The van der Waals surface area contributed by atoms with Crippen LogP contribution in [-0.4, -0.2) is 78.6 Å². The summed E-state index contributed by atoms with van der Waals surface area (Å²) in [5.41, 5.74) is 0. The molecule has 0 radical (unpaired) electrons. The molecule has 1 amide bonds. The van der Waals surface area contributed by atoms with Crippen LogP contribution in [0.2, 0.25) is 0 Å². The highest BCUT2D eigenvalue weighted by molar-refractivity contribution is 5.73. The van der Waals surface area contributed by atoms with Gasteiger partial charge >= 0.3 is 6.18 Å². The highest BCUT2D eigenvalue weighted by atomic mass is 19.4. The van der Waals surface area contributed by atoms with E-state index < -0.39 is 12.7 Å². The Morgan fingerprint density at radius 3 is 2.48 bits per heavy atom. The lowest BCUT2D eigenvalue weighted by molar-refractivity contribution is -0.144. The monoisotopic (exact) mass is 307 g/mol. The van der Waals surface area contributed by atoms with Crippen LogP contribution in [0.5, 0.6) is 0 Å². The molecule has 2 heterocycles. The molecule has 0 spiro atoms. The van der Waals surface area contributed by atoms with Gasteiger partial charge < -0.3 is 4.90 Å². The van der Waals surface area contributed by atoms with Crippen molar-refractivity contribution in [2.24, 2.45) is 5.92 Å². The van der Waals surface area contributed by atoms with Crippen molar-refractivity contribution in [2.45, 2.75) is 32.5 Å². The Bertz CT molecular complexity index is 375. The second-order valence-corrected chi connectivity index (χ2v) is 6.25. The third kappa shape index (κ3) is 4.57. The SMILES string of the molecule is CC(=O)N1CCCN([C@@H]2CN(CC(F)(F)F)C[C@@H]2C)CC1. The first-order valence-electron chi connectivity index (χ1n) is 7.55. The van der Waals surface area contributed by atoms with Crippen molar-refractivity contribution < 1.29 is 18.0 Å². The molecule has 2 rings (SSSR count). The Labute approximate surface area is 123 Å². The van der Waals surface area contributed by atoms with Crippen molar-refractivity contribution in [3.63, 3.8) is 0 Å². The molecular weight excluding hydrogens is 283 g/mol. The standard InChI is InChI=1S/C14H24F3N3O/c1-11-8-18(10-14(15,16)17)9-13(11)20-5-3-4-19(6-7-20)12(2)21/h11,13H,3-10H2,1-2H3/t11-,13+/m0/s1. The minimum absolute atomic E-state index is 0.0787.